The van der Waals surface area contributed by atoms with Crippen LogP contribution in [0.25, 0.3) is 0 Å². The molecule has 2 N–H and O–H groups in total. The van der Waals surface area contributed by atoms with E-state index in [9.17, 15) is 4.39 Å². The molecule has 0 spiro atoms. The molecule has 3 rings (SSSR count). The zero-order chi connectivity index (χ0) is 16.8. The minimum Gasteiger partial charge on any atom is -0.368 e. The molecule has 122 valence electrons. The third-order valence-electron chi connectivity index (χ3n) is 3.31. The Balaban J connectivity index is 1.59. The Morgan fingerprint density at radius 1 is 1.04 bits per heavy atom. The van der Waals surface area contributed by atoms with Crippen molar-refractivity contribution in [2.75, 3.05) is 17.2 Å². The van der Waals surface area contributed by atoms with Crippen molar-refractivity contribution in [3.63, 3.8) is 0 Å². The lowest BCUT2D eigenvalue weighted by molar-refractivity contribution is 0.627. The Morgan fingerprint density at radius 3 is 2.62 bits per heavy atom. The summed E-state index contributed by atoms with van der Waals surface area (Å²) in [5.41, 5.74) is 1.92. The summed E-state index contributed by atoms with van der Waals surface area (Å²) in [7, 11) is 0. The summed E-state index contributed by atoms with van der Waals surface area (Å²) < 4.78 is 13.8. The van der Waals surface area contributed by atoms with Gasteiger partial charge in [-0.1, -0.05) is 24.3 Å². The Morgan fingerprint density at radius 2 is 1.83 bits per heavy atom. The Hall–Kier alpha value is -2.54. The van der Waals surface area contributed by atoms with E-state index < -0.39 is 0 Å². The van der Waals surface area contributed by atoms with Crippen molar-refractivity contribution in [1.29, 1.82) is 0 Å². The molecular weight excluding hydrogens is 373 g/mol. The third kappa shape index (κ3) is 4.48. The number of rotatable bonds is 6. The summed E-state index contributed by atoms with van der Waals surface area (Å²) in [6.07, 6.45) is 2.33. The van der Waals surface area contributed by atoms with Crippen molar-refractivity contribution in [2.24, 2.45) is 0 Å². The molecule has 0 unspecified atom stereocenters. The van der Waals surface area contributed by atoms with E-state index in [1.54, 1.807) is 18.3 Å². The molecule has 0 fully saturated rings. The van der Waals surface area contributed by atoms with Crippen LogP contribution in [-0.4, -0.2) is 21.7 Å². The molecule has 0 saturated carbocycles. The molecule has 0 amide bonds. The number of nitrogens with zero attached hydrogens (tertiary/aromatic N) is 3. The van der Waals surface area contributed by atoms with Crippen LogP contribution in [0.15, 0.2) is 59.2 Å². The van der Waals surface area contributed by atoms with Gasteiger partial charge < -0.3 is 10.6 Å². The number of anilines is 3. The number of hydrogen-bond donors (Lipinski definition) is 2. The predicted molar refractivity (Wildman–Crippen MR) is 95.8 cm³/mol. The number of para-hydroxylation sites is 1. The lowest BCUT2D eigenvalue weighted by Crippen LogP contribution is -2.09. The fourth-order valence-electron chi connectivity index (χ4n) is 2.11. The molecule has 7 heteroatoms. The van der Waals surface area contributed by atoms with Crippen LogP contribution in [0, 0.1) is 5.82 Å². The van der Waals surface area contributed by atoms with Crippen molar-refractivity contribution in [3.05, 3.63) is 70.6 Å². The number of aromatic nitrogens is 3. The fourth-order valence-corrected chi connectivity index (χ4v) is 2.49. The molecule has 2 aromatic carbocycles. The molecule has 5 nitrogen and oxygen atoms in total. The third-order valence-corrected chi connectivity index (χ3v) is 4.00. The van der Waals surface area contributed by atoms with Gasteiger partial charge in [-0.2, -0.15) is 10.1 Å². The summed E-state index contributed by atoms with van der Waals surface area (Å²) in [5, 5.41) is 14.2. The second kappa shape index (κ2) is 7.83. The van der Waals surface area contributed by atoms with Crippen LogP contribution >= 0.6 is 15.9 Å². The first kappa shape index (κ1) is 16.3. The van der Waals surface area contributed by atoms with Crippen LogP contribution in [0.5, 0.6) is 0 Å². The van der Waals surface area contributed by atoms with Gasteiger partial charge in [0.25, 0.3) is 0 Å². The van der Waals surface area contributed by atoms with Crippen LogP contribution in [0.3, 0.4) is 0 Å². The van der Waals surface area contributed by atoms with E-state index in [4.69, 9.17) is 0 Å². The van der Waals surface area contributed by atoms with Gasteiger partial charge in [0.2, 0.25) is 5.95 Å². The maximum absolute atomic E-state index is 12.9. The lowest BCUT2D eigenvalue weighted by Gasteiger charge is -2.08. The van der Waals surface area contributed by atoms with Crippen molar-refractivity contribution in [2.45, 2.75) is 6.42 Å². The van der Waals surface area contributed by atoms with Gasteiger partial charge >= 0.3 is 0 Å². The van der Waals surface area contributed by atoms with Crippen molar-refractivity contribution in [1.82, 2.24) is 15.2 Å². The molecule has 0 aliphatic carbocycles. The molecule has 0 atom stereocenters. The molecule has 1 aromatic heterocycles. The second-order valence-electron chi connectivity index (χ2n) is 5.07. The molecule has 1 heterocycles. The summed E-state index contributed by atoms with van der Waals surface area (Å²) in [6.45, 7) is 0.665. The van der Waals surface area contributed by atoms with E-state index in [0.717, 1.165) is 22.1 Å². The number of nitrogens with one attached hydrogen (secondary N) is 2. The van der Waals surface area contributed by atoms with Gasteiger partial charge in [-0.25, -0.2) is 4.39 Å². The number of benzene rings is 2. The highest BCUT2D eigenvalue weighted by atomic mass is 79.9. The minimum atomic E-state index is -0.227. The van der Waals surface area contributed by atoms with E-state index in [-0.39, 0.29) is 5.82 Å². The summed E-state index contributed by atoms with van der Waals surface area (Å²) >= 11 is 3.46. The van der Waals surface area contributed by atoms with Crippen molar-refractivity contribution >= 4 is 33.4 Å². The van der Waals surface area contributed by atoms with Crippen LogP contribution in [0.1, 0.15) is 5.56 Å². The van der Waals surface area contributed by atoms with Gasteiger partial charge in [-0.05, 0) is 52.2 Å². The lowest BCUT2D eigenvalue weighted by atomic mass is 10.1. The van der Waals surface area contributed by atoms with E-state index in [2.05, 4.69) is 41.7 Å². The fraction of sp³-hybridized carbons (Fsp3) is 0.118. The summed E-state index contributed by atoms with van der Waals surface area (Å²) in [6, 6.07) is 14.2. The highest BCUT2D eigenvalue weighted by Gasteiger charge is 2.04. The first-order valence-electron chi connectivity index (χ1n) is 7.40. The first-order chi connectivity index (χ1) is 11.7. The van der Waals surface area contributed by atoms with Crippen LogP contribution in [-0.2, 0) is 6.42 Å². The SMILES string of the molecule is Fc1ccc(CCNc2cnnc(Nc3ccccc3Br)n2)cc1. The summed E-state index contributed by atoms with van der Waals surface area (Å²) in [5.74, 6) is 0.810. The number of hydrogen-bond acceptors (Lipinski definition) is 5. The minimum absolute atomic E-state index is 0.227. The molecule has 0 aliphatic heterocycles. The predicted octanol–water partition coefficient (Wildman–Crippen LogP) is 4.17. The van der Waals surface area contributed by atoms with Crippen LogP contribution < -0.4 is 10.6 Å². The molecule has 24 heavy (non-hydrogen) atoms. The van der Waals surface area contributed by atoms with E-state index >= 15 is 0 Å². The van der Waals surface area contributed by atoms with Gasteiger partial charge in [0.05, 0.1) is 11.9 Å². The maximum atomic E-state index is 12.9. The Kier molecular flexibility index (Phi) is 5.32. The molecular formula is C17H15BrFN5. The maximum Gasteiger partial charge on any atom is 0.249 e. The van der Waals surface area contributed by atoms with E-state index in [1.165, 1.54) is 12.1 Å². The average Bonchev–Trinajstić information content (AvgIpc) is 2.59. The molecule has 0 aliphatic rings. The molecule has 0 saturated heterocycles. The number of halogens is 2. The van der Waals surface area contributed by atoms with Gasteiger partial charge in [-0.15, -0.1) is 5.10 Å². The van der Waals surface area contributed by atoms with Crippen LogP contribution in [0.4, 0.5) is 21.8 Å². The largest absolute Gasteiger partial charge is 0.368 e. The van der Waals surface area contributed by atoms with Crippen molar-refractivity contribution in [3.8, 4) is 0 Å². The second-order valence-corrected chi connectivity index (χ2v) is 5.93. The van der Waals surface area contributed by atoms with Gasteiger partial charge in [-0.3, -0.25) is 0 Å². The first-order valence-corrected chi connectivity index (χ1v) is 8.19. The molecule has 0 bridgehead atoms. The summed E-state index contributed by atoms with van der Waals surface area (Å²) in [4.78, 5) is 4.38. The smallest absolute Gasteiger partial charge is 0.249 e. The highest BCUT2D eigenvalue weighted by Crippen LogP contribution is 2.23. The monoisotopic (exact) mass is 387 g/mol. The zero-order valence-corrected chi connectivity index (χ0v) is 14.3. The van der Waals surface area contributed by atoms with Crippen LogP contribution in [0.2, 0.25) is 0 Å². The zero-order valence-electron chi connectivity index (χ0n) is 12.7. The topological polar surface area (TPSA) is 62.7 Å². The normalized spacial score (nSPS) is 10.4. The Labute approximate surface area is 147 Å². The van der Waals surface area contributed by atoms with E-state index in [0.29, 0.717) is 18.3 Å². The van der Waals surface area contributed by atoms with E-state index in [1.807, 2.05) is 24.3 Å². The van der Waals surface area contributed by atoms with Crippen molar-refractivity contribution < 1.29 is 4.39 Å². The quantitative estimate of drug-likeness (QED) is 0.664. The van der Waals surface area contributed by atoms with Gasteiger partial charge in [0.15, 0.2) is 5.82 Å². The average molecular weight is 388 g/mol. The van der Waals surface area contributed by atoms with Gasteiger partial charge in [0, 0.05) is 11.0 Å². The Bertz CT molecular complexity index is 810. The molecule has 3 aromatic rings. The molecule has 0 radical (unpaired) electrons. The van der Waals surface area contributed by atoms with Gasteiger partial charge in [0.1, 0.15) is 5.82 Å². The highest BCUT2D eigenvalue weighted by molar-refractivity contribution is 9.10. The standard InChI is InChI=1S/C17H15BrFN5/c18-14-3-1-2-4-15(14)22-17-23-16(11-21-24-17)20-10-9-12-5-7-13(19)8-6-12/h1-8,11H,9-10H2,(H2,20,22,23,24).